The van der Waals surface area contributed by atoms with E-state index in [2.05, 4.69) is 16.0 Å². The number of benzene rings is 2. The third-order valence-corrected chi connectivity index (χ3v) is 8.82. The lowest BCUT2D eigenvalue weighted by Gasteiger charge is -2.32. The Morgan fingerprint density at radius 3 is 2.25 bits per heavy atom. The summed E-state index contributed by atoms with van der Waals surface area (Å²) in [6.07, 6.45) is -1.89. The van der Waals surface area contributed by atoms with E-state index in [0.29, 0.717) is 23.3 Å². The Hall–Kier alpha value is -6.20. The number of hydroxylamine groups is 2. The zero-order valence-corrected chi connectivity index (χ0v) is 31.8. The Morgan fingerprint density at radius 1 is 0.930 bits per heavy atom. The van der Waals surface area contributed by atoms with Crippen LogP contribution in [0.15, 0.2) is 52.9 Å². The number of hydrogen-bond acceptors (Lipinski definition) is 10. The van der Waals surface area contributed by atoms with Crippen LogP contribution in [0.2, 0.25) is 0 Å². The lowest BCUT2D eigenvalue weighted by Crippen LogP contribution is -2.49. The zero-order chi connectivity index (χ0) is 42.3. The summed E-state index contributed by atoms with van der Waals surface area (Å²) in [5.74, 6) is -5.29. The summed E-state index contributed by atoms with van der Waals surface area (Å²) in [6, 6.07) is 7.24. The molecule has 1 heterocycles. The topological polar surface area (TPSA) is 211 Å². The lowest BCUT2D eigenvalue weighted by molar-refractivity contribution is -0.171. The molecule has 3 atom stereocenters. The quantitative estimate of drug-likeness (QED) is 0.0434. The van der Waals surface area contributed by atoms with Crippen molar-refractivity contribution in [1.82, 2.24) is 21.0 Å². The van der Waals surface area contributed by atoms with E-state index in [1.165, 1.54) is 37.3 Å². The van der Waals surface area contributed by atoms with Gasteiger partial charge in [0.25, 0.3) is 11.8 Å². The van der Waals surface area contributed by atoms with Crippen molar-refractivity contribution in [3.8, 4) is 17.1 Å². The lowest BCUT2D eigenvalue weighted by atomic mass is 9.90. The highest BCUT2D eigenvalue weighted by Gasteiger charge is 2.35. The van der Waals surface area contributed by atoms with Crippen LogP contribution in [0.1, 0.15) is 102 Å². The van der Waals surface area contributed by atoms with E-state index in [0.717, 1.165) is 31.0 Å². The molecule has 57 heavy (non-hydrogen) atoms. The SMILES string of the molecule is CCCCCC(C(=O)NCNC(=O)c1ccc(-c2ccc(C(=O)NC(CC=O)C(=O)O)c(OCC)c2)o1)C(CC)N(C=O)OC(=O)c1ccc(C(F)(F)F)cc1C. The number of hydrogen-bond donors (Lipinski definition) is 4. The molecule has 1 aromatic heterocycles. The number of carboxylic acids is 1. The van der Waals surface area contributed by atoms with Gasteiger partial charge in [-0.2, -0.15) is 18.2 Å². The minimum Gasteiger partial charge on any atom is -0.493 e. The van der Waals surface area contributed by atoms with Crippen LogP contribution >= 0.6 is 0 Å². The molecule has 2 aromatic carbocycles. The molecule has 18 heteroatoms. The summed E-state index contributed by atoms with van der Waals surface area (Å²) in [4.78, 5) is 92.1. The van der Waals surface area contributed by atoms with Gasteiger partial charge >= 0.3 is 18.1 Å². The van der Waals surface area contributed by atoms with Gasteiger partial charge < -0.3 is 39.8 Å². The first kappa shape index (κ1) is 45.2. The van der Waals surface area contributed by atoms with Crippen LogP contribution in [0.4, 0.5) is 13.2 Å². The number of ether oxygens (including phenoxy) is 1. The summed E-state index contributed by atoms with van der Waals surface area (Å²) >= 11 is 0. The van der Waals surface area contributed by atoms with Crippen LogP contribution in [0, 0.1) is 12.8 Å². The Labute approximate surface area is 326 Å². The molecule has 308 valence electrons. The smallest absolute Gasteiger partial charge is 0.416 e. The molecule has 0 aliphatic heterocycles. The molecule has 3 aromatic rings. The highest BCUT2D eigenvalue weighted by molar-refractivity contribution is 6.00. The molecule has 0 aliphatic rings. The molecular weight excluding hydrogens is 757 g/mol. The van der Waals surface area contributed by atoms with Crippen LogP contribution in [-0.2, 0) is 30.2 Å². The van der Waals surface area contributed by atoms with Crippen molar-refractivity contribution in [3.63, 3.8) is 0 Å². The van der Waals surface area contributed by atoms with Crippen molar-refractivity contribution in [2.45, 2.75) is 84.5 Å². The summed E-state index contributed by atoms with van der Waals surface area (Å²) in [7, 11) is 0. The Kier molecular flexibility index (Phi) is 16.8. The van der Waals surface area contributed by atoms with Gasteiger partial charge in [0, 0.05) is 12.0 Å². The first-order chi connectivity index (χ1) is 27.1. The molecular formula is C39H45F3N4O11. The number of rotatable bonds is 22. The van der Waals surface area contributed by atoms with Gasteiger partial charge in [-0.05, 0) is 74.7 Å². The van der Waals surface area contributed by atoms with Crippen LogP contribution in [0.3, 0.4) is 0 Å². The first-order valence-corrected chi connectivity index (χ1v) is 18.1. The summed E-state index contributed by atoms with van der Waals surface area (Å²) < 4.78 is 50.8. The predicted molar refractivity (Wildman–Crippen MR) is 197 cm³/mol. The third kappa shape index (κ3) is 12.4. The number of nitrogens with one attached hydrogen (secondary N) is 3. The van der Waals surface area contributed by atoms with Crippen LogP contribution in [0.25, 0.3) is 11.3 Å². The van der Waals surface area contributed by atoms with Crippen LogP contribution in [0.5, 0.6) is 5.75 Å². The fourth-order valence-corrected chi connectivity index (χ4v) is 5.87. The van der Waals surface area contributed by atoms with Crippen molar-refractivity contribution in [3.05, 3.63) is 76.5 Å². The van der Waals surface area contributed by atoms with E-state index in [4.69, 9.17) is 14.0 Å². The van der Waals surface area contributed by atoms with E-state index in [-0.39, 0.29) is 66.5 Å². The number of aryl methyl sites for hydroxylation is 1. The molecule has 0 radical (unpaired) electrons. The average molecular weight is 803 g/mol. The Morgan fingerprint density at radius 2 is 1.65 bits per heavy atom. The number of carbonyl (C=O) groups excluding carboxylic acids is 6. The van der Waals surface area contributed by atoms with Gasteiger partial charge in [-0.1, -0.05) is 39.2 Å². The van der Waals surface area contributed by atoms with E-state index >= 15 is 0 Å². The minimum atomic E-state index is -4.63. The molecule has 0 saturated carbocycles. The summed E-state index contributed by atoms with van der Waals surface area (Å²) in [5, 5.41) is 17.4. The highest BCUT2D eigenvalue weighted by Crippen LogP contribution is 2.32. The van der Waals surface area contributed by atoms with Gasteiger partial charge in [0.1, 0.15) is 23.8 Å². The fourth-order valence-electron chi connectivity index (χ4n) is 5.87. The summed E-state index contributed by atoms with van der Waals surface area (Å²) in [5.41, 5.74) is -0.777. The molecule has 3 unspecified atom stereocenters. The normalized spacial score (nSPS) is 12.7. The molecule has 15 nitrogen and oxygen atoms in total. The number of halogens is 3. The van der Waals surface area contributed by atoms with Gasteiger partial charge in [-0.3, -0.25) is 19.2 Å². The van der Waals surface area contributed by atoms with Crippen molar-refractivity contribution in [1.29, 1.82) is 0 Å². The molecule has 0 fully saturated rings. The van der Waals surface area contributed by atoms with Crippen molar-refractivity contribution >= 4 is 42.4 Å². The number of furan rings is 1. The van der Waals surface area contributed by atoms with Gasteiger partial charge in [-0.15, -0.1) is 0 Å². The summed E-state index contributed by atoms with van der Waals surface area (Å²) in [6.45, 7) is 6.38. The standard InChI is InChI=1S/C39H45F3N4O11/c1-5-8-9-10-27(30(6-2)46(22-48)57-38(54)26-14-12-25(19-23(26)4)39(40,41)42)34(49)43-21-44-36(51)32-16-15-31(56-32)24-11-13-28(33(20-24)55-7-3)35(50)45-29(17-18-47)37(52)53/h11-16,18-20,22,27,29-30H,5-10,17,21H2,1-4H3,(H,43,49)(H,44,51)(H,45,50)(H,52,53). The largest absolute Gasteiger partial charge is 0.493 e. The minimum absolute atomic E-state index is 0.00000371. The van der Waals surface area contributed by atoms with E-state index in [1.54, 1.807) is 13.8 Å². The first-order valence-electron chi connectivity index (χ1n) is 18.1. The average Bonchev–Trinajstić information content (AvgIpc) is 3.67. The van der Waals surface area contributed by atoms with Crippen LogP contribution < -0.4 is 20.7 Å². The van der Waals surface area contributed by atoms with Crippen molar-refractivity contribution < 1.29 is 65.8 Å². The second-order valence-corrected chi connectivity index (χ2v) is 12.7. The van der Waals surface area contributed by atoms with Crippen LogP contribution in [-0.4, -0.2) is 77.9 Å². The number of unbranched alkanes of at least 4 members (excludes halogenated alkanes) is 2. The van der Waals surface area contributed by atoms with E-state index in [1.807, 2.05) is 6.92 Å². The van der Waals surface area contributed by atoms with Gasteiger partial charge in [0.2, 0.25) is 12.3 Å². The van der Waals surface area contributed by atoms with E-state index < -0.39 is 65.8 Å². The predicted octanol–water partition coefficient (Wildman–Crippen LogP) is 5.45. The number of carboxylic acid groups (broad SMARTS) is 1. The molecule has 0 spiro atoms. The van der Waals surface area contributed by atoms with Gasteiger partial charge in [0.05, 0.1) is 41.9 Å². The molecule has 0 saturated heterocycles. The highest BCUT2D eigenvalue weighted by atomic mass is 19.4. The van der Waals surface area contributed by atoms with E-state index in [9.17, 15) is 51.8 Å². The number of alkyl halides is 3. The second-order valence-electron chi connectivity index (χ2n) is 12.7. The van der Waals surface area contributed by atoms with Gasteiger partial charge in [0.15, 0.2) is 5.76 Å². The molecule has 4 amide bonds. The Bertz CT molecular complexity index is 1910. The van der Waals surface area contributed by atoms with Gasteiger partial charge in [-0.25, -0.2) is 9.59 Å². The second kappa shape index (κ2) is 21.2. The number of carbonyl (C=O) groups is 7. The Balaban J connectivity index is 1.71. The fraction of sp³-hybridized carbons (Fsp3) is 0.410. The monoisotopic (exact) mass is 802 g/mol. The zero-order valence-electron chi connectivity index (χ0n) is 31.8. The maximum absolute atomic E-state index is 13.5. The van der Waals surface area contributed by atoms with Crippen molar-refractivity contribution in [2.24, 2.45) is 5.92 Å². The molecule has 4 N–H and O–H groups in total. The molecule has 0 bridgehead atoms. The molecule has 0 aliphatic carbocycles. The maximum Gasteiger partial charge on any atom is 0.416 e. The maximum atomic E-state index is 13.5. The number of aldehydes is 1. The van der Waals surface area contributed by atoms with Crippen molar-refractivity contribution in [2.75, 3.05) is 13.3 Å². The number of aliphatic carboxylic acids is 1. The third-order valence-electron chi connectivity index (χ3n) is 8.82. The number of amides is 4. The number of nitrogens with zero attached hydrogens (tertiary/aromatic N) is 1. The molecule has 3 rings (SSSR count).